The molecule has 0 saturated heterocycles. The standard InChI is InChI=1S/C50H91NO6/c1-7-13-17-22-42(23-18-14-8-2)34-46(53)56-32-28-49-37-44-36-48(39-49,27-31-55-45(52)26-21-30-51(11-5)12-6)40-50(38-44,41-49)29-33-57-47(54)35-43(24-19-15-9-3)25-20-16-10-4/h42-44H,7-41H2,1-6H3. The Morgan fingerprint density at radius 3 is 1.19 bits per heavy atom. The quantitative estimate of drug-likeness (QED) is 0.0358. The fourth-order valence-electron chi connectivity index (χ4n) is 12.1. The van der Waals surface area contributed by atoms with E-state index in [0.29, 0.717) is 56.8 Å². The fraction of sp³-hybridized carbons (Fsp3) is 0.940. The molecule has 4 saturated carbocycles. The summed E-state index contributed by atoms with van der Waals surface area (Å²) in [5.41, 5.74) is 0.383. The Balaban J connectivity index is 1.64. The maximum Gasteiger partial charge on any atom is 0.306 e. The Hall–Kier alpha value is -1.63. The molecule has 0 heterocycles. The van der Waals surface area contributed by atoms with Gasteiger partial charge in [-0.1, -0.05) is 119 Å². The first-order chi connectivity index (χ1) is 27.6. The second-order valence-electron chi connectivity index (χ2n) is 19.7. The number of unbranched alkanes of at least 4 members (excludes halogenated alkanes) is 8. The van der Waals surface area contributed by atoms with Crippen LogP contribution in [0, 0.1) is 34.0 Å². The lowest BCUT2D eigenvalue weighted by Crippen LogP contribution is -2.57. The van der Waals surface area contributed by atoms with E-state index in [4.69, 9.17) is 14.2 Å². The van der Waals surface area contributed by atoms with E-state index in [1.807, 2.05) is 0 Å². The van der Waals surface area contributed by atoms with Crippen molar-refractivity contribution in [3.05, 3.63) is 0 Å². The number of ether oxygens (including phenoxy) is 3. The van der Waals surface area contributed by atoms with Gasteiger partial charge in [-0.05, 0) is 144 Å². The molecule has 4 bridgehead atoms. The topological polar surface area (TPSA) is 82.1 Å². The molecule has 2 unspecified atom stereocenters. The van der Waals surface area contributed by atoms with Crippen LogP contribution in [0.2, 0.25) is 0 Å². The molecule has 332 valence electrons. The number of hydrogen-bond donors (Lipinski definition) is 0. The Morgan fingerprint density at radius 2 is 0.860 bits per heavy atom. The first kappa shape index (κ1) is 49.7. The van der Waals surface area contributed by atoms with E-state index in [1.165, 1.54) is 96.3 Å². The molecule has 4 aliphatic rings. The predicted molar refractivity (Wildman–Crippen MR) is 235 cm³/mol. The second kappa shape index (κ2) is 27.3. The summed E-state index contributed by atoms with van der Waals surface area (Å²) >= 11 is 0. The molecule has 0 aromatic carbocycles. The molecule has 57 heavy (non-hydrogen) atoms. The van der Waals surface area contributed by atoms with E-state index in [-0.39, 0.29) is 34.2 Å². The van der Waals surface area contributed by atoms with Crippen LogP contribution < -0.4 is 0 Å². The Labute approximate surface area is 351 Å². The van der Waals surface area contributed by atoms with Crippen LogP contribution in [-0.4, -0.2) is 62.3 Å². The van der Waals surface area contributed by atoms with Gasteiger partial charge in [0.05, 0.1) is 19.8 Å². The summed E-state index contributed by atoms with van der Waals surface area (Å²) in [6.07, 6.45) is 31.3. The van der Waals surface area contributed by atoms with Gasteiger partial charge in [0, 0.05) is 19.3 Å². The van der Waals surface area contributed by atoms with Crippen LogP contribution in [0.3, 0.4) is 0 Å². The molecule has 2 atom stereocenters. The van der Waals surface area contributed by atoms with Crippen molar-refractivity contribution in [2.75, 3.05) is 39.5 Å². The minimum Gasteiger partial charge on any atom is -0.466 e. The number of hydrogen-bond acceptors (Lipinski definition) is 7. The lowest BCUT2D eigenvalue weighted by Gasteiger charge is -2.67. The number of esters is 3. The van der Waals surface area contributed by atoms with Crippen LogP contribution >= 0.6 is 0 Å². The van der Waals surface area contributed by atoms with Crippen LogP contribution in [0.15, 0.2) is 0 Å². The van der Waals surface area contributed by atoms with Gasteiger partial charge >= 0.3 is 17.9 Å². The fourth-order valence-corrected chi connectivity index (χ4v) is 12.1. The Morgan fingerprint density at radius 1 is 0.509 bits per heavy atom. The highest BCUT2D eigenvalue weighted by molar-refractivity contribution is 5.70. The van der Waals surface area contributed by atoms with Crippen molar-refractivity contribution < 1.29 is 28.6 Å². The third-order valence-electron chi connectivity index (χ3n) is 14.6. The highest BCUT2D eigenvalue weighted by Gasteiger charge is 2.62. The molecule has 4 rings (SSSR count). The number of rotatable bonds is 35. The Bertz CT molecular complexity index is 1040. The first-order valence-corrected chi connectivity index (χ1v) is 24.8. The van der Waals surface area contributed by atoms with Crippen LogP contribution in [0.1, 0.15) is 228 Å². The smallest absolute Gasteiger partial charge is 0.306 e. The maximum absolute atomic E-state index is 13.3. The van der Waals surface area contributed by atoms with E-state index in [9.17, 15) is 14.4 Å². The van der Waals surface area contributed by atoms with Gasteiger partial charge in [-0.25, -0.2) is 0 Å². The molecule has 0 aliphatic heterocycles. The lowest BCUT2D eigenvalue weighted by atomic mass is 9.38. The lowest BCUT2D eigenvalue weighted by molar-refractivity contribution is -0.182. The van der Waals surface area contributed by atoms with Crippen LogP contribution in [0.4, 0.5) is 0 Å². The van der Waals surface area contributed by atoms with Gasteiger partial charge in [0.25, 0.3) is 0 Å². The highest BCUT2D eigenvalue weighted by Crippen LogP contribution is 2.72. The van der Waals surface area contributed by atoms with Crippen LogP contribution in [-0.2, 0) is 28.6 Å². The number of nitrogens with zero attached hydrogens (tertiary/aromatic N) is 1. The molecule has 0 spiro atoms. The summed E-state index contributed by atoms with van der Waals surface area (Å²) < 4.78 is 18.2. The van der Waals surface area contributed by atoms with Crippen molar-refractivity contribution in [2.45, 2.75) is 228 Å². The highest BCUT2D eigenvalue weighted by atomic mass is 16.5. The molecule has 0 aromatic heterocycles. The van der Waals surface area contributed by atoms with Gasteiger partial charge in [0.15, 0.2) is 0 Å². The SMILES string of the molecule is CCCCCC(CCCCC)CC(=O)OCCC12CC3CC(CCOC(=O)CCCN(CC)CC)(C1)CC(CCOC(=O)CC(CCCCC)CCCCC)(C3)C2. The van der Waals surface area contributed by atoms with Gasteiger partial charge in [0.1, 0.15) is 0 Å². The van der Waals surface area contributed by atoms with Gasteiger partial charge < -0.3 is 19.1 Å². The zero-order valence-electron chi connectivity index (χ0n) is 38.4. The summed E-state index contributed by atoms with van der Waals surface area (Å²) in [6, 6.07) is 0. The minimum absolute atomic E-state index is 0.00957. The summed E-state index contributed by atoms with van der Waals surface area (Å²) in [7, 11) is 0. The zero-order chi connectivity index (χ0) is 41.4. The summed E-state index contributed by atoms with van der Waals surface area (Å²) in [5, 5.41) is 0. The van der Waals surface area contributed by atoms with Crippen molar-refractivity contribution in [3.8, 4) is 0 Å². The minimum atomic E-state index is -0.0690. The molecule has 0 radical (unpaired) electrons. The monoisotopic (exact) mass is 802 g/mol. The van der Waals surface area contributed by atoms with Crippen molar-refractivity contribution in [3.63, 3.8) is 0 Å². The van der Waals surface area contributed by atoms with Gasteiger partial charge in [-0.15, -0.1) is 0 Å². The number of carbonyl (C=O) groups is 3. The van der Waals surface area contributed by atoms with Crippen molar-refractivity contribution in [1.29, 1.82) is 0 Å². The van der Waals surface area contributed by atoms with E-state index in [0.717, 1.165) is 90.3 Å². The molecule has 7 heteroatoms. The zero-order valence-corrected chi connectivity index (χ0v) is 38.4. The molecular formula is C50H91NO6. The van der Waals surface area contributed by atoms with Crippen LogP contribution in [0.5, 0.6) is 0 Å². The normalized spacial score (nSPS) is 23.8. The average molecular weight is 802 g/mol. The average Bonchev–Trinajstić information content (AvgIpc) is 3.16. The number of carbonyl (C=O) groups excluding carboxylic acids is 3. The molecule has 0 N–H and O–H groups in total. The van der Waals surface area contributed by atoms with Gasteiger partial charge in [-0.3, -0.25) is 14.4 Å². The molecular weight excluding hydrogens is 711 g/mol. The van der Waals surface area contributed by atoms with Crippen molar-refractivity contribution in [1.82, 2.24) is 4.90 Å². The second-order valence-corrected chi connectivity index (χ2v) is 19.7. The van der Waals surface area contributed by atoms with E-state index < -0.39 is 0 Å². The third-order valence-corrected chi connectivity index (χ3v) is 14.6. The first-order valence-electron chi connectivity index (χ1n) is 24.8. The van der Waals surface area contributed by atoms with Crippen molar-refractivity contribution >= 4 is 17.9 Å². The van der Waals surface area contributed by atoms with E-state index in [1.54, 1.807) is 0 Å². The maximum atomic E-state index is 13.3. The molecule has 0 amide bonds. The predicted octanol–water partition coefficient (Wildman–Crippen LogP) is 13.2. The summed E-state index contributed by atoms with van der Waals surface area (Å²) in [5.74, 6) is 1.41. The summed E-state index contributed by atoms with van der Waals surface area (Å²) in [6.45, 7) is 17.8. The largest absolute Gasteiger partial charge is 0.466 e. The van der Waals surface area contributed by atoms with Gasteiger partial charge in [-0.2, -0.15) is 0 Å². The van der Waals surface area contributed by atoms with Gasteiger partial charge in [0.2, 0.25) is 0 Å². The Kier molecular flexibility index (Phi) is 23.8. The molecule has 4 aliphatic carbocycles. The summed E-state index contributed by atoms with van der Waals surface area (Å²) in [4.78, 5) is 41.8. The third kappa shape index (κ3) is 18.3. The molecule has 7 nitrogen and oxygen atoms in total. The van der Waals surface area contributed by atoms with Crippen molar-refractivity contribution in [2.24, 2.45) is 34.0 Å². The molecule has 4 fully saturated rings. The van der Waals surface area contributed by atoms with E-state index in [2.05, 4.69) is 46.4 Å². The molecule has 0 aromatic rings. The van der Waals surface area contributed by atoms with E-state index >= 15 is 0 Å². The van der Waals surface area contributed by atoms with Crippen LogP contribution in [0.25, 0.3) is 0 Å².